The summed E-state index contributed by atoms with van der Waals surface area (Å²) in [6, 6.07) is 31.4. The molecule has 0 aromatic heterocycles. The van der Waals surface area contributed by atoms with E-state index < -0.39 is 23.2 Å². The molecule has 1 heterocycles. The van der Waals surface area contributed by atoms with Crippen LogP contribution in [0.2, 0.25) is 0 Å². The van der Waals surface area contributed by atoms with E-state index in [1.807, 2.05) is 11.8 Å². The summed E-state index contributed by atoms with van der Waals surface area (Å²) in [6.45, 7) is 0. The molecule has 3 aliphatic rings. The van der Waals surface area contributed by atoms with Gasteiger partial charge in [-0.15, -0.1) is 0 Å². The number of hydrogen-bond acceptors (Lipinski definition) is 1. The van der Waals surface area contributed by atoms with E-state index >= 15 is 0 Å². The van der Waals surface area contributed by atoms with Crippen molar-refractivity contribution >= 4 is 55.8 Å². The van der Waals surface area contributed by atoms with Gasteiger partial charge in [0.25, 0.3) is 0 Å². The molecule has 7 rings (SSSR count). The summed E-state index contributed by atoms with van der Waals surface area (Å²) in [7, 11) is 0. The first kappa shape index (κ1) is 21.8. The van der Waals surface area contributed by atoms with Crippen LogP contribution in [0.25, 0.3) is 12.2 Å². The summed E-state index contributed by atoms with van der Waals surface area (Å²) in [6.07, 6.45) is 5.06. The van der Waals surface area contributed by atoms with Crippen molar-refractivity contribution in [2.45, 2.75) is 21.6 Å². The Labute approximate surface area is 235 Å². The largest absolute Gasteiger partial charge is 1.00 e. The molecule has 4 aromatic rings. The van der Waals surface area contributed by atoms with Gasteiger partial charge < -0.3 is 2.85 Å². The number of halogens is 2. The molecule has 0 radical (unpaired) electrons. The van der Waals surface area contributed by atoms with Gasteiger partial charge in [0.05, 0.1) is 0 Å². The first-order chi connectivity index (χ1) is 16.7. The number of rotatable bonds is 3. The molecule has 1 aliphatic heterocycles. The molecule has 0 nitrogen and oxygen atoms in total. The van der Waals surface area contributed by atoms with E-state index in [1.165, 1.54) is 52.1 Å². The topological polar surface area (TPSA) is 0 Å². The Morgan fingerprint density at radius 3 is 2.29 bits per heavy atom. The van der Waals surface area contributed by atoms with Crippen LogP contribution in [0.3, 0.4) is 0 Å². The van der Waals surface area contributed by atoms with Crippen molar-refractivity contribution in [3.63, 3.8) is 0 Å². The minimum Gasteiger partial charge on any atom is -1.00 e. The molecule has 2 unspecified atom stereocenters. The first-order valence-corrected chi connectivity index (χ1v) is 16.2. The Morgan fingerprint density at radius 1 is 0.676 bits per heavy atom. The molecular weight excluding hydrogens is 643 g/mol. The molecular formula is C30H20Br2SZr. The second kappa shape index (κ2) is 8.59. The SMILES string of the molecule is Brc1cccc2c1C(c1ccccc1)[C]([Zr+2][C]1=Cc3c4ccc(Br)c3C1c1cccc(c1)S4)=C2.[H-].[H-]. The van der Waals surface area contributed by atoms with Gasteiger partial charge >= 0.3 is 234 Å². The third-order valence-corrected chi connectivity index (χ3v) is 12.9. The van der Waals surface area contributed by atoms with Crippen molar-refractivity contribution in [3.05, 3.63) is 134 Å². The standard InChI is InChI=1S/C15H8BrS.C15H10Br.Zr.2H/c16-13-6-7-14-12-5-4-11(15(12)13)9-2-1-3-10(8-9)17-14;16-14-8-4-7-12-9-10-13(15(12)14)11-5-2-1-3-6-11;;;/h1-3,5-8,11H;1-9,13H;;;/q;;+2;2*-1. The maximum absolute atomic E-state index is 3.92. The van der Waals surface area contributed by atoms with Gasteiger partial charge in [0.15, 0.2) is 0 Å². The molecule has 6 bridgehead atoms. The Kier molecular flexibility index (Phi) is 5.51. The Hall–Kier alpha value is -1.45. The van der Waals surface area contributed by atoms with E-state index in [9.17, 15) is 0 Å². The van der Waals surface area contributed by atoms with Crippen LogP contribution in [0.4, 0.5) is 0 Å². The molecule has 34 heavy (non-hydrogen) atoms. The van der Waals surface area contributed by atoms with Gasteiger partial charge in [0.2, 0.25) is 0 Å². The van der Waals surface area contributed by atoms with E-state index in [0.29, 0.717) is 11.8 Å². The van der Waals surface area contributed by atoms with Gasteiger partial charge in [-0.1, -0.05) is 0 Å². The molecule has 0 saturated heterocycles. The molecule has 0 amide bonds. The molecule has 0 fully saturated rings. The summed E-state index contributed by atoms with van der Waals surface area (Å²) in [5.74, 6) is 0.707. The summed E-state index contributed by atoms with van der Waals surface area (Å²) in [4.78, 5) is 2.72. The predicted octanol–water partition coefficient (Wildman–Crippen LogP) is 9.66. The van der Waals surface area contributed by atoms with Crippen molar-refractivity contribution in [2.24, 2.45) is 0 Å². The van der Waals surface area contributed by atoms with Crippen molar-refractivity contribution in [3.8, 4) is 0 Å². The zero-order valence-corrected chi connectivity index (χ0v) is 24.5. The second-order valence-electron chi connectivity index (χ2n) is 8.89. The van der Waals surface area contributed by atoms with Crippen molar-refractivity contribution in [2.75, 3.05) is 0 Å². The quantitative estimate of drug-likeness (QED) is 0.210. The minimum absolute atomic E-state index is 0. The zero-order valence-electron chi connectivity index (χ0n) is 20.1. The summed E-state index contributed by atoms with van der Waals surface area (Å²) >= 11 is 8.63. The van der Waals surface area contributed by atoms with Crippen LogP contribution in [-0.2, 0) is 23.2 Å². The van der Waals surface area contributed by atoms with Crippen molar-refractivity contribution in [1.29, 1.82) is 0 Å². The fourth-order valence-electron chi connectivity index (χ4n) is 5.51. The number of benzene rings is 4. The molecule has 164 valence electrons. The van der Waals surface area contributed by atoms with E-state index in [-0.39, 0.29) is 2.85 Å². The Morgan fingerprint density at radius 2 is 1.41 bits per heavy atom. The molecule has 4 heteroatoms. The van der Waals surface area contributed by atoms with Gasteiger partial charge in [-0.3, -0.25) is 0 Å². The summed E-state index contributed by atoms with van der Waals surface area (Å²) in [5, 5.41) is 0. The van der Waals surface area contributed by atoms with Crippen molar-refractivity contribution in [1.82, 2.24) is 0 Å². The second-order valence-corrected chi connectivity index (χ2v) is 15.2. The van der Waals surface area contributed by atoms with Gasteiger partial charge in [-0.2, -0.15) is 0 Å². The van der Waals surface area contributed by atoms with E-state index in [1.54, 1.807) is 6.56 Å². The third kappa shape index (κ3) is 3.48. The van der Waals surface area contributed by atoms with Crippen molar-refractivity contribution < 1.29 is 26.1 Å². The molecule has 2 aliphatic carbocycles. The predicted molar refractivity (Wildman–Crippen MR) is 147 cm³/mol. The maximum atomic E-state index is 3.92. The van der Waals surface area contributed by atoms with Crippen LogP contribution >= 0.6 is 43.6 Å². The van der Waals surface area contributed by atoms with Crippen LogP contribution in [0.15, 0.2) is 110 Å². The van der Waals surface area contributed by atoms with Crippen LogP contribution in [0.5, 0.6) is 0 Å². The summed E-state index contributed by atoms with van der Waals surface area (Å²) in [5.41, 5.74) is 8.53. The Balaban J connectivity index is 0.00000133. The molecule has 0 N–H and O–H groups in total. The monoisotopic (exact) mass is 660 g/mol. The van der Waals surface area contributed by atoms with Crippen LogP contribution in [-0.4, -0.2) is 0 Å². The average molecular weight is 664 g/mol. The third-order valence-electron chi connectivity index (χ3n) is 6.93. The van der Waals surface area contributed by atoms with Gasteiger partial charge in [0.1, 0.15) is 0 Å². The normalized spacial score (nSPS) is 19.0. The summed E-state index contributed by atoms with van der Waals surface area (Å²) < 4.78 is 5.75. The average Bonchev–Trinajstić information content (AvgIpc) is 3.42. The molecule has 4 aromatic carbocycles. The zero-order chi connectivity index (χ0) is 22.8. The maximum Gasteiger partial charge on any atom is -1.00 e. The first-order valence-electron chi connectivity index (χ1n) is 11.3. The fourth-order valence-corrected chi connectivity index (χ4v) is 11.9. The van der Waals surface area contributed by atoms with E-state index in [4.69, 9.17) is 0 Å². The van der Waals surface area contributed by atoms with Gasteiger partial charge in [-0.25, -0.2) is 0 Å². The smallest absolute Gasteiger partial charge is 1.00 e. The van der Waals surface area contributed by atoms with Crippen LogP contribution in [0.1, 0.15) is 48.1 Å². The Bertz CT molecular complexity index is 1550. The molecule has 0 saturated carbocycles. The van der Waals surface area contributed by atoms with Gasteiger partial charge in [-0.05, 0) is 0 Å². The fraction of sp³-hybridized carbons (Fsp3) is 0.0667. The van der Waals surface area contributed by atoms with Crippen LogP contribution in [0, 0.1) is 0 Å². The number of allylic oxidation sites excluding steroid dienone is 2. The minimum atomic E-state index is -1.07. The van der Waals surface area contributed by atoms with Crippen LogP contribution < -0.4 is 0 Å². The number of fused-ring (bicyclic) bond motifs is 4. The van der Waals surface area contributed by atoms with E-state index in [0.717, 1.165) is 0 Å². The number of hydrogen-bond donors (Lipinski definition) is 0. The molecule has 0 spiro atoms. The van der Waals surface area contributed by atoms with E-state index in [2.05, 4.69) is 129 Å². The molecule has 2 atom stereocenters. The van der Waals surface area contributed by atoms with Gasteiger partial charge in [0, 0.05) is 0 Å².